The van der Waals surface area contributed by atoms with Gasteiger partial charge in [0.15, 0.2) is 0 Å². The van der Waals surface area contributed by atoms with Gasteiger partial charge < -0.3 is 11.1 Å². The third-order valence-corrected chi connectivity index (χ3v) is 2.50. The second kappa shape index (κ2) is 6.45. The predicted octanol–water partition coefficient (Wildman–Crippen LogP) is 1.78. The third-order valence-electron chi connectivity index (χ3n) is 2.50. The first kappa shape index (κ1) is 13.7. The number of aromatic nitrogens is 1. The largest absolute Gasteiger partial charge is 0.321 e. The Balaban J connectivity index is 2.27. The van der Waals surface area contributed by atoms with Crippen molar-refractivity contribution in [3.63, 3.8) is 0 Å². The number of rotatable bonds is 2. The Morgan fingerprint density at radius 1 is 1.30 bits per heavy atom. The normalized spacial score (nSPS) is 9.50. The van der Waals surface area contributed by atoms with E-state index >= 15 is 0 Å². The summed E-state index contributed by atoms with van der Waals surface area (Å²) in [5, 5.41) is 2.69. The van der Waals surface area contributed by atoms with Crippen molar-refractivity contribution in [1.29, 1.82) is 0 Å². The number of hydrogen-bond donors (Lipinski definition) is 2. The van der Waals surface area contributed by atoms with Crippen molar-refractivity contribution < 1.29 is 9.18 Å². The van der Waals surface area contributed by atoms with Gasteiger partial charge in [0, 0.05) is 18.0 Å². The average Bonchev–Trinajstić information content (AvgIpc) is 2.48. The lowest BCUT2D eigenvalue weighted by molar-refractivity contribution is 0.102. The second-order valence-electron chi connectivity index (χ2n) is 3.89. The summed E-state index contributed by atoms with van der Waals surface area (Å²) in [6.07, 6.45) is 3.05. The first-order chi connectivity index (χ1) is 9.70. The standard InChI is InChI=1S/C15H12FN3O/c16-13-3-4-14(12(10-13)2-1-7-17)19-15(20)11-5-8-18-9-6-11/h3-6,8-10H,7,17H2,(H,19,20). The quantitative estimate of drug-likeness (QED) is 0.817. The highest BCUT2D eigenvalue weighted by Crippen LogP contribution is 2.17. The van der Waals surface area contributed by atoms with Gasteiger partial charge in [0.05, 0.1) is 17.8 Å². The minimum atomic E-state index is -0.423. The molecule has 0 bridgehead atoms. The van der Waals surface area contributed by atoms with E-state index in [2.05, 4.69) is 22.1 Å². The lowest BCUT2D eigenvalue weighted by Crippen LogP contribution is -2.13. The van der Waals surface area contributed by atoms with Crippen molar-refractivity contribution >= 4 is 11.6 Å². The molecule has 5 heteroatoms. The zero-order valence-electron chi connectivity index (χ0n) is 10.6. The van der Waals surface area contributed by atoms with Crippen LogP contribution in [0.2, 0.25) is 0 Å². The van der Waals surface area contributed by atoms with Crippen molar-refractivity contribution in [2.24, 2.45) is 5.73 Å². The van der Waals surface area contributed by atoms with Crippen molar-refractivity contribution in [2.75, 3.05) is 11.9 Å². The Labute approximate surface area is 115 Å². The van der Waals surface area contributed by atoms with E-state index in [1.165, 1.54) is 30.6 Å². The summed E-state index contributed by atoms with van der Waals surface area (Å²) in [4.78, 5) is 15.9. The number of carbonyl (C=O) groups excluding carboxylic acids is 1. The van der Waals surface area contributed by atoms with E-state index in [-0.39, 0.29) is 12.5 Å². The van der Waals surface area contributed by atoms with Crippen LogP contribution in [0.3, 0.4) is 0 Å². The predicted molar refractivity (Wildman–Crippen MR) is 74.5 cm³/mol. The number of anilines is 1. The number of pyridine rings is 1. The summed E-state index contributed by atoms with van der Waals surface area (Å²) in [5.74, 6) is 4.63. The van der Waals surface area contributed by atoms with Crippen molar-refractivity contribution in [3.8, 4) is 11.8 Å². The Hall–Kier alpha value is -2.71. The van der Waals surface area contributed by atoms with Crippen LogP contribution in [0.1, 0.15) is 15.9 Å². The fraction of sp³-hybridized carbons (Fsp3) is 0.0667. The molecule has 0 aliphatic heterocycles. The van der Waals surface area contributed by atoms with Crippen LogP contribution in [0.25, 0.3) is 0 Å². The maximum Gasteiger partial charge on any atom is 0.255 e. The van der Waals surface area contributed by atoms with Gasteiger partial charge >= 0.3 is 0 Å². The first-order valence-corrected chi connectivity index (χ1v) is 5.90. The molecule has 2 rings (SSSR count). The maximum atomic E-state index is 13.2. The van der Waals surface area contributed by atoms with E-state index in [0.717, 1.165) is 0 Å². The first-order valence-electron chi connectivity index (χ1n) is 5.90. The molecule has 20 heavy (non-hydrogen) atoms. The Kier molecular flexibility index (Phi) is 4.43. The minimum absolute atomic E-state index is 0.161. The van der Waals surface area contributed by atoms with E-state index in [4.69, 9.17) is 5.73 Å². The molecule has 1 aromatic carbocycles. The fourth-order valence-corrected chi connectivity index (χ4v) is 1.57. The molecule has 0 radical (unpaired) electrons. The van der Waals surface area contributed by atoms with E-state index in [9.17, 15) is 9.18 Å². The molecular weight excluding hydrogens is 257 g/mol. The van der Waals surface area contributed by atoms with Crippen molar-refractivity contribution in [1.82, 2.24) is 4.98 Å². The second-order valence-corrected chi connectivity index (χ2v) is 3.89. The smallest absolute Gasteiger partial charge is 0.255 e. The molecule has 0 spiro atoms. The minimum Gasteiger partial charge on any atom is -0.321 e. The van der Waals surface area contributed by atoms with Crippen LogP contribution in [0, 0.1) is 17.7 Å². The summed E-state index contributed by atoms with van der Waals surface area (Å²) in [7, 11) is 0. The molecule has 2 aromatic rings. The lowest BCUT2D eigenvalue weighted by atomic mass is 10.1. The highest BCUT2D eigenvalue weighted by molar-refractivity contribution is 6.04. The Morgan fingerprint density at radius 3 is 2.75 bits per heavy atom. The molecule has 0 aliphatic carbocycles. The summed E-state index contributed by atoms with van der Waals surface area (Å²) in [6, 6.07) is 7.16. The highest BCUT2D eigenvalue weighted by Gasteiger charge is 2.08. The van der Waals surface area contributed by atoms with Gasteiger partial charge in [0.25, 0.3) is 5.91 Å². The van der Waals surface area contributed by atoms with Gasteiger partial charge in [0.1, 0.15) is 5.82 Å². The monoisotopic (exact) mass is 269 g/mol. The van der Waals surface area contributed by atoms with Gasteiger partial charge in [-0.05, 0) is 30.3 Å². The summed E-state index contributed by atoms with van der Waals surface area (Å²) in [5.41, 5.74) is 6.58. The number of benzene rings is 1. The van der Waals surface area contributed by atoms with Crippen LogP contribution >= 0.6 is 0 Å². The summed E-state index contributed by atoms with van der Waals surface area (Å²) in [6.45, 7) is 0.161. The van der Waals surface area contributed by atoms with Crippen LogP contribution in [0.4, 0.5) is 10.1 Å². The molecule has 0 saturated heterocycles. The number of carbonyl (C=O) groups is 1. The van der Waals surface area contributed by atoms with Crippen LogP contribution in [-0.4, -0.2) is 17.4 Å². The van der Waals surface area contributed by atoms with E-state index in [0.29, 0.717) is 16.8 Å². The summed E-state index contributed by atoms with van der Waals surface area (Å²) < 4.78 is 13.2. The molecular formula is C15H12FN3O. The van der Waals surface area contributed by atoms with Gasteiger partial charge in [-0.1, -0.05) is 11.8 Å². The molecule has 0 atom stereocenters. The van der Waals surface area contributed by atoms with Gasteiger partial charge in [0.2, 0.25) is 0 Å². The number of halogens is 1. The number of hydrogen-bond acceptors (Lipinski definition) is 3. The lowest BCUT2D eigenvalue weighted by Gasteiger charge is -2.07. The Morgan fingerprint density at radius 2 is 2.05 bits per heavy atom. The van der Waals surface area contributed by atoms with Crippen molar-refractivity contribution in [3.05, 3.63) is 59.7 Å². The number of nitrogens with two attached hydrogens (primary N) is 1. The van der Waals surface area contributed by atoms with Gasteiger partial charge in [-0.3, -0.25) is 9.78 Å². The molecule has 1 heterocycles. The number of nitrogens with zero attached hydrogens (tertiary/aromatic N) is 1. The maximum absolute atomic E-state index is 13.2. The van der Waals surface area contributed by atoms with Gasteiger partial charge in [-0.25, -0.2) is 4.39 Å². The van der Waals surface area contributed by atoms with Crippen LogP contribution in [0.15, 0.2) is 42.7 Å². The van der Waals surface area contributed by atoms with Crippen LogP contribution in [0.5, 0.6) is 0 Å². The summed E-state index contributed by atoms with van der Waals surface area (Å²) >= 11 is 0. The molecule has 0 unspecified atom stereocenters. The molecule has 0 saturated carbocycles. The number of nitrogens with one attached hydrogen (secondary N) is 1. The molecule has 100 valence electrons. The molecule has 1 aromatic heterocycles. The molecule has 0 fully saturated rings. The van der Waals surface area contributed by atoms with Gasteiger partial charge in [-0.15, -0.1) is 0 Å². The molecule has 3 N–H and O–H groups in total. The van der Waals surface area contributed by atoms with Crippen LogP contribution < -0.4 is 11.1 Å². The van der Waals surface area contributed by atoms with Crippen LogP contribution in [-0.2, 0) is 0 Å². The average molecular weight is 269 g/mol. The number of amides is 1. The SMILES string of the molecule is NCC#Cc1cc(F)ccc1NC(=O)c1ccncc1. The van der Waals surface area contributed by atoms with E-state index in [1.54, 1.807) is 12.1 Å². The van der Waals surface area contributed by atoms with Crippen molar-refractivity contribution in [2.45, 2.75) is 0 Å². The molecule has 1 amide bonds. The molecule has 4 nitrogen and oxygen atoms in total. The Bertz CT molecular complexity index is 675. The molecule has 0 aliphatic rings. The van der Waals surface area contributed by atoms with E-state index < -0.39 is 5.82 Å². The highest BCUT2D eigenvalue weighted by atomic mass is 19.1. The van der Waals surface area contributed by atoms with E-state index in [1.807, 2.05) is 0 Å². The topological polar surface area (TPSA) is 68.0 Å². The third kappa shape index (κ3) is 3.40. The fourth-order valence-electron chi connectivity index (χ4n) is 1.57. The van der Waals surface area contributed by atoms with Gasteiger partial charge in [-0.2, -0.15) is 0 Å². The zero-order valence-corrected chi connectivity index (χ0v) is 10.6. The zero-order chi connectivity index (χ0) is 14.4.